The fraction of sp³-hybridized carbons (Fsp3) is 0.0566. The van der Waals surface area contributed by atoms with Crippen LogP contribution < -0.4 is 0 Å². The van der Waals surface area contributed by atoms with E-state index in [0.29, 0.717) is 0 Å². The van der Waals surface area contributed by atoms with E-state index in [1.54, 1.807) is 0 Å². The van der Waals surface area contributed by atoms with Crippen LogP contribution >= 0.6 is 0 Å². The predicted octanol–water partition coefficient (Wildman–Crippen LogP) is 14.8. The van der Waals surface area contributed by atoms with Crippen LogP contribution in [0.2, 0.25) is 0 Å². The van der Waals surface area contributed by atoms with Crippen LogP contribution in [0.1, 0.15) is 25.0 Å². The summed E-state index contributed by atoms with van der Waals surface area (Å²) < 4.78 is 0. The van der Waals surface area contributed by atoms with Gasteiger partial charge in [-0.25, -0.2) is 0 Å². The third-order valence-corrected chi connectivity index (χ3v) is 12.0. The van der Waals surface area contributed by atoms with Gasteiger partial charge in [0.1, 0.15) is 0 Å². The Balaban J connectivity index is 1.07. The number of hydrogen-bond acceptors (Lipinski definition) is 0. The molecule has 0 atom stereocenters. The highest BCUT2D eigenvalue weighted by Crippen LogP contribution is 2.52. The second-order valence-electron chi connectivity index (χ2n) is 15.3. The van der Waals surface area contributed by atoms with Gasteiger partial charge in [0, 0.05) is 5.41 Å². The van der Waals surface area contributed by atoms with Crippen LogP contribution in [-0.2, 0) is 5.41 Å². The molecule has 0 spiro atoms. The van der Waals surface area contributed by atoms with E-state index in [4.69, 9.17) is 0 Å². The summed E-state index contributed by atoms with van der Waals surface area (Å²) in [7, 11) is 0. The molecule has 53 heavy (non-hydrogen) atoms. The van der Waals surface area contributed by atoms with Crippen LogP contribution in [0.5, 0.6) is 0 Å². The Hall–Kier alpha value is -6.50. The second-order valence-corrected chi connectivity index (χ2v) is 15.3. The standard InChI is InChI=1S/C53H36/c1-53(2)51-31-36(23-25-46(51)47-26-24-37(32-52(47)53)49-28-34-14-4-6-16-39(34)42-19-9-11-21-44(42)49)48-30-38(27-33-13-3-8-18-41(33)48)50-29-35-15-5-7-17-40(35)43-20-10-12-22-45(43)50/h3-32H,1-2H3. The number of rotatable bonds is 3. The lowest BCUT2D eigenvalue weighted by Gasteiger charge is -2.23. The topological polar surface area (TPSA) is 0 Å². The second kappa shape index (κ2) is 11.2. The Kier molecular flexibility index (Phi) is 6.40. The van der Waals surface area contributed by atoms with Gasteiger partial charge >= 0.3 is 0 Å². The molecule has 0 nitrogen and oxygen atoms in total. The Bertz CT molecular complexity index is 3140. The third kappa shape index (κ3) is 4.49. The normalized spacial score (nSPS) is 13.2. The monoisotopic (exact) mass is 672 g/mol. The Labute approximate surface area is 309 Å². The maximum atomic E-state index is 2.48. The van der Waals surface area contributed by atoms with Gasteiger partial charge in [0.25, 0.3) is 0 Å². The van der Waals surface area contributed by atoms with Gasteiger partial charge in [-0.15, -0.1) is 0 Å². The molecule has 0 heterocycles. The van der Waals surface area contributed by atoms with Crippen molar-refractivity contribution in [2.24, 2.45) is 0 Å². The number of benzene rings is 10. The van der Waals surface area contributed by atoms with Crippen LogP contribution in [0.3, 0.4) is 0 Å². The molecule has 1 aliphatic rings. The number of fused-ring (bicyclic) bond motifs is 10. The molecule has 10 aromatic rings. The summed E-state index contributed by atoms with van der Waals surface area (Å²) in [5, 5.41) is 12.9. The summed E-state index contributed by atoms with van der Waals surface area (Å²) in [5.74, 6) is 0. The van der Waals surface area contributed by atoms with Gasteiger partial charge in [-0.1, -0.05) is 159 Å². The van der Waals surface area contributed by atoms with Crippen molar-refractivity contribution in [2.45, 2.75) is 19.3 Å². The van der Waals surface area contributed by atoms with Gasteiger partial charge in [0.05, 0.1) is 0 Å². The minimum Gasteiger partial charge on any atom is -0.0616 e. The van der Waals surface area contributed by atoms with E-state index in [-0.39, 0.29) is 5.41 Å². The quantitative estimate of drug-likeness (QED) is 0.164. The molecular weight excluding hydrogens is 637 g/mol. The lowest BCUT2D eigenvalue weighted by atomic mass is 9.80. The van der Waals surface area contributed by atoms with Crippen molar-refractivity contribution in [3.05, 3.63) is 193 Å². The van der Waals surface area contributed by atoms with E-state index in [1.165, 1.54) is 109 Å². The highest BCUT2D eigenvalue weighted by molar-refractivity contribution is 6.16. The predicted molar refractivity (Wildman–Crippen MR) is 228 cm³/mol. The largest absolute Gasteiger partial charge is 0.0616 e. The molecule has 0 amide bonds. The fourth-order valence-electron chi connectivity index (χ4n) is 9.36. The van der Waals surface area contributed by atoms with Crippen LogP contribution in [0, 0.1) is 0 Å². The molecule has 248 valence electrons. The molecule has 0 unspecified atom stereocenters. The number of hydrogen-bond donors (Lipinski definition) is 0. The molecule has 0 N–H and O–H groups in total. The summed E-state index contributed by atoms with van der Waals surface area (Å²) in [5.41, 5.74) is 12.9. The van der Waals surface area contributed by atoms with Gasteiger partial charge in [-0.2, -0.15) is 0 Å². The molecule has 0 radical (unpaired) electrons. The Morgan fingerprint density at radius 1 is 0.264 bits per heavy atom. The minimum atomic E-state index is -0.161. The maximum Gasteiger partial charge on any atom is 0.0159 e. The Morgan fingerprint density at radius 3 is 1.15 bits per heavy atom. The van der Waals surface area contributed by atoms with E-state index in [9.17, 15) is 0 Å². The van der Waals surface area contributed by atoms with Crippen molar-refractivity contribution < 1.29 is 0 Å². The van der Waals surface area contributed by atoms with E-state index < -0.39 is 0 Å². The summed E-state index contributed by atoms with van der Waals surface area (Å²) >= 11 is 0. The maximum absolute atomic E-state index is 2.48. The van der Waals surface area contributed by atoms with Crippen molar-refractivity contribution in [1.82, 2.24) is 0 Å². The Morgan fingerprint density at radius 2 is 0.642 bits per heavy atom. The minimum absolute atomic E-state index is 0.161. The molecule has 0 saturated carbocycles. The van der Waals surface area contributed by atoms with Gasteiger partial charge in [-0.3, -0.25) is 0 Å². The third-order valence-electron chi connectivity index (χ3n) is 12.0. The van der Waals surface area contributed by atoms with Crippen LogP contribution in [0.4, 0.5) is 0 Å². The zero-order valence-corrected chi connectivity index (χ0v) is 29.8. The average Bonchev–Trinajstić information content (AvgIpc) is 3.44. The van der Waals surface area contributed by atoms with Gasteiger partial charge in [0.15, 0.2) is 0 Å². The summed E-state index contributed by atoms with van der Waals surface area (Å²) in [6.07, 6.45) is 0. The van der Waals surface area contributed by atoms with Crippen molar-refractivity contribution in [3.63, 3.8) is 0 Å². The molecule has 0 saturated heterocycles. The molecule has 0 bridgehead atoms. The zero-order valence-electron chi connectivity index (χ0n) is 29.8. The van der Waals surface area contributed by atoms with E-state index in [0.717, 1.165) is 0 Å². The van der Waals surface area contributed by atoms with Gasteiger partial charge in [0.2, 0.25) is 0 Å². The molecule has 0 aliphatic heterocycles. The summed E-state index contributed by atoms with van der Waals surface area (Å²) in [4.78, 5) is 0. The van der Waals surface area contributed by atoms with Crippen molar-refractivity contribution in [2.75, 3.05) is 0 Å². The molecule has 11 rings (SSSR count). The highest BCUT2D eigenvalue weighted by Gasteiger charge is 2.36. The zero-order chi connectivity index (χ0) is 35.3. The first-order valence-electron chi connectivity index (χ1n) is 18.7. The van der Waals surface area contributed by atoms with Crippen molar-refractivity contribution in [3.8, 4) is 44.5 Å². The van der Waals surface area contributed by atoms with Gasteiger partial charge in [-0.05, 0) is 146 Å². The molecular formula is C53H36. The van der Waals surface area contributed by atoms with Crippen LogP contribution in [0.15, 0.2) is 182 Å². The van der Waals surface area contributed by atoms with Crippen LogP contribution in [0.25, 0.3) is 98.4 Å². The SMILES string of the molecule is CC1(C)c2cc(-c3cc(-c4cc5ccccc5c5ccccc45)cc4ccccc34)ccc2-c2ccc(-c3cc4ccccc4c4ccccc34)cc21. The highest BCUT2D eigenvalue weighted by atomic mass is 14.4. The van der Waals surface area contributed by atoms with Gasteiger partial charge < -0.3 is 0 Å². The average molecular weight is 673 g/mol. The first-order valence-corrected chi connectivity index (χ1v) is 18.7. The molecule has 0 fully saturated rings. The van der Waals surface area contributed by atoms with Crippen molar-refractivity contribution >= 4 is 53.9 Å². The van der Waals surface area contributed by atoms with E-state index in [2.05, 4.69) is 196 Å². The smallest absolute Gasteiger partial charge is 0.0159 e. The summed E-state index contributed by atoms with van der Waals surface area (Å²) in [6, 6.07) is 68.0. The lowest BCUT2D eigenvalue weighted by Crippen LogP contribution is -2.15. The summed E-state index contributed by atoms with van der Waals surface area (Å²) in [6.45, 7) is 4.80. The molecule has 0 heteroatoms. The molecule has 1 aliphatic carbocycles. The molecule has 10 aromatic carbocycles. The van der Waals surface area contributed by atoms with Crippen LogP contribution in [-0.4, -0.2) is 0 Å². The van der Waals surface area contributed by atoms with E-state index in [1.807, 2.05) is 0 Å². The lowest BCUT2D eigenvalue weighted by molar-refractivity contribution is 0.661. The van der Waals surface area contributed by atoms with Crippen molar-refractivity contribution in [1.29, 1.82) is 0 Å². The first-order chi connectivity index (χ1) is 26.0. The molecule has 0 aromatic heterocycles. The van der Waals surface area contributed by atoms with E-state index >= 15 is 0 Å². The fourth-order valence-corrected chi connectivity index (χ4v) is 9.36. The first kappa shape index (κ1) is 30.2.